The number of hydrogen-bond acceptors (Lipinski definition) is 1. The molecule has 0 saturated carbocycles. The third-order valence-electron chi connectivity index (χ3n) is 1.06. The van der Waals surface area contributed by atoms with Crippen molar-refractivity contribution in [2.75, 3.05) is 6.26 Å². The molecule has 0 aliphatic carbocycles. The van der Waals surface area contributed by atoms with E-state index in [1.807, 2.05) is 12.1 Å². The van der Waals surface area contributed by atoms with Gasteiger partial charge in [-0.3, -0.25) is 0 Å². The molecular weight excluding hydrogens is 212 g/mol. The highest BCUT2D eigenvalue weighted by atomic mass is 79.9. The molecule has 1 unspecified atom stereocenters. The van der Waals surface area contributed by atoms with Gasteiger partial charge in [0, 0.05) is 6.07 Å². The normalized spacial score (nSPS) is 13.1. The first-order valence-corrected chi connectivity index (χ1v) is 5.06. The Morgan fingerprint density at radius 2 is 2.40 bits per heavy atom. The molecule has 0 aliphatic rings. The Labute approximate surface area is 71.8 Å². The molecular formula is C7H6BrOS. The second kappa shape index (κ2) is 3.42. The van der Waals surface area contributed by atoms with Crippen LogP contribution in [0, 0.1) is 6.07 Å². The summed E-state index contributed by atoms with van der Waals surface area (Å²) in [6.45, 7) is 0. The maximum atomic E-state index is 10.9. The molecule has 53 valence electrons. The Morgan fingerprint density at radius 3 is 2.80 bits per heavy atom. The minimum Gasteiger partial charge on any atom is -0.612 e. The van der Waals surface area contributed by atoms with Crippen molar-refractivity contribution in [3.8, 4) is 0 Å². The Bertz CT molecular complexity index is 225. The predicted octanol–water partition coefficient (Wildman–Crippen LogP) is 1.99. The average Bonchev–Trinajstić information content (AvgIpc) is 1.88. The quantitative estimate of drug-likeness (QED) is 0.661. The predicted molar refractivity (Wildman–Crippen MR) is 45.3 cm³/mol. The highest BCUT2D eigenvalue weighted by Gasteiger charge is 2.07. The van der Waals surface area contributed by atoms with Crippen LogP contribution in [-0.2, 0) is 11.2 Å². The van der Waals surface area contributed by atoms with Crippen LogP contribution >= 0.6 is 15.9 Å². The maximum Gasteiger partial charge on any atom is 0.174 e. The van der Waals surface area contributed by atoms with E-state index in [-0.39, 0.29) is 0 Å². The summed E-state index contributed by atoms with van der Waals surface area (Å²) in [5.74, 6) is 0. The third kappa shape index (κ3) is 1.75. The van der Waals surface area contributed by atoms with E-state index in [1.165, 1.54) is 0 Å². The second-order valence-electron chi connectivity index (χ2n) is 1.80. The molecule has 1 aromatic carbocycles. The van der Waals surface area contributed by atoms with E-state index >= 15 is 0 Å². The lowest BCUT2D eigenvalue weighted by molar-refractivity contribution is 0.600. The molecule has 1 aromatic rings. The molecule has 0 heterocycles. The topological polar surface area (TPSA) is 23.1 Å². The van der Waals surface area contributed by atoms with Crippen molar-refractivity contribution in [2.24, 2.45) is 0 Å². The van der Waals surface area contributed by atoms with Crippen molar-refractivity contribution in [1.82, 2.24) is 0 Å². The molecule has 0 bridgehead atoms. The molecule has 0 aromatic heterocycles. The van der Waals surface area contributed by atoms with Gasteiger partial charge in [-0.2, -0.15) is 0 Å². The Morgan fingerprint density at radius 1 is 1.70 bits per heavy atom. The zero-order chi connectivity index (χ0) is 7.56. The Hall–Kier alpha value is 0.01000. The summed E-state index contributed by atoms with van der Waals surface area (Å²) >= 11 is 2.33. The van der Waals surface area contributed by atoms with E-state index in [0.29, 0.717) is 0 Å². The van der Waals surface area contributed by atoms with Gasteiger partial charge in [0.2, 0.25) is 0 Å². The minimum atomic E-state index is -0.943. The van der Waals surface area contributed by atoms with Gasteiger partial charge in [0.05, 0.1) is 4.47 Å². The molecule has 0 aliphatic heterocycles. The van der Waals surface area contributed by atoms with Crippen LogP contribution in [0.25, 0.3) is 0 Å². The fraction of sp³-hybridized carbons (Fsp3) is 0.143. The van der Waals surface area contributed by atoms with Gasteiger partial charge in [-0.05, 0) is 39.2 Å². The van der Waals surface area contributed by atoms with Gasteiger partial charge in [-0.1, -0.05) is 6.07 Å². The summed E-state index contributed by atoms with van der Waals surface area (Å²) in [5.41, 5.74) is 0. The lowest BCUT2D eigenvalue weighted by Gasteiger charge is -2.03. The van der Waals surface area contributed by atoms with Crippen LogP contribution in [-0.4, -0.2) is 10.8 Å². The molecule has 1 rings (SSSR count). The van der Waals surface area contributed by atoms with Gasteiger partial charge < -0.3 is 4.55 Å². The third-order valence-corrected chi connectivity index (χ3v) is 2.89. The highest BCUT2D eigenvalue weighted by Crippen LogP contribution is 2.19. The van der Waals surface area contributed by atoms with Gasteiger partial charge in [0.25, 0.3) is 0 Å². The summed E-state index contributed by atoms with van der Waals surface area (Å²) in [4.78, 5) is 0.725. The van der Waals surface area contributed by atoms with Crippen molar-refractivity contribution in [2.45, 2.75) is 4.90 Å². The molecule has 0 saturated heterocycles. The first-order chi connectivity index (χ1) is 4.72. The van der Waals surface area contributed by atoms with Gasteiger partial charge >= 0.3 is 0 Å². The molecule has 0 fully saturated rings. The standard InChI is InChI=1S/C7H6BrOS/c1-10(9)7-5-3-2-4-6(7)8/h2-4H,1H3. The van der Waals surface area contributed by atoms with Gasteiger partial charge in [-0.25, -0.2) is 0 Å². The van der Waals surface area contributed by atoms with Crippen LogP contribution in [0.2, 0.25) is 0 Å². The molecule has 3 heteroatoms. The van der Waals surface area contributed by atoms with Gasteiger partial charge in [0.1, 0.15) is 6.26 Å². The summed E-state index contributed by atoms with van der Waals surface area (Å²) in [5, 5.41) is 0. The van der Waals surface area contributed by atoms with Crippen LogP contribution in [0.5, 0.6) is 0 Å². The smallest absolute Gasteiger partial charge is 0.174 e. The number of benzene rings is 1. The lowest BCUT2D eigenvalue weighted by atomic mass is 10.4. The van der Waals surface area contributed by atoms with Crippen molar-refractivity contribution in [3.05, 3.63) is 28.7 Å². The van der Waals surface area contributed by atoms with Gasteiger partial charge in [-0.15, -0.1) is 0 Å². The van der Waals surface area contributed by atoms with Crippen molar-refractivity contribution in [1.29, 1.82) is 0 Å². The SMILES string of the molecule is C[S+]([O-])c1[c]cccc1Br. The van der Waals surface area contributed by atoms with Crippen molar-refractivity contribution in [3.63, 3.8) is 0 Å². The summed E-state index contributed by atoms with van der Waals surface area (Å²) in [6, 6.07) is 8.34. The monoisotopic (exact) mass is 217 g/mol. The summed E-state index contributed by atoms with van der Waals surface area (Å²) in [7, 11) is 0. The Balaban J connectivity index is 3.03. The second-order valence-corrected chi connectivity index (χ2v) is 3.97. The fourth-order valence-electron chi connectivity index (χ4n) is 0.621. The zero-order valence-electron chi connectivity index (χ0n) is 5.43. The number of rotatable bonds is 1. The van der Waals surface area contributed by atoms with E-state index in [1.54, 1.807) is 12.3 Å². The molecule has 1 nitrogen and oxygen atoms in total. The van der Waals surface area contributed by atoms with Crippen LogP contribution in [0.4, 0.5) is 0 Å². The summed E-state index contributed by atoms with van der Waals surface area (Å²) in [6.07, 6.45) is 1.64. The van der Waals surface area contributed by atoms with E-state index in [0.717, 1.165) is 9.37 Å². The van der Waals surface area contributed by atoms with E-state index < -0.39 is 11.2 Å². The van der Waals surface area contributed by atoms with Crippen LogP contribution < -0.4 is 0 Å². The first-order valence-electron chi connectivity index (χ1n) is 2.71. The fourth-order valence-corrected chi connectivity index (χ4v) is 2.15. The van der Waals surface area contributed by atoms with Gasteiger partial charge in [0.15, 0.2) is 4.90 Å². The first kappa shape index (κ1) is 8.11. The van der Waals surface area contributed by atoms with Crippen molar-refractivity contribution < 1.29 is 4.55 Å². The van der Waals surface area contributed by atoms with Crippen molar-refractivity contribution >= 4 is 27.1 Å². The molecule has 10 heavy (non-hydrogen) atoms. The van der Waals surface area contributed by atoms with E-state index in [2.05, 4.69) is 22.0 Å². The highest BCUT2D eigenvalue weighted by molar-refractivity contribution is 9.10. The van der Waals surface area contributed by atoms with Crippen LogP contribution in [0.3, 0.4) is 0 Å². The molecule has 0 amide bonds. The van der Waals surface area contributed by atoms with E-state index in [4.69, 9.17) is 0 Å². The number of hydrogen-bond donors (Lipinski definition) is 0. The average molecular weight is 218 g/mol. The molecule has 0 N–H and O–H groups in total. The molecule has 1 atom stereocenters. The Kier molecular flexibility index (Phi) is 2.77. The van der Waals surface area contributed by atoms with E-state index in [9.17, 15) is 4.55 Å². The number of halogens is 1. The van der Waals surface area contributed by atoms with Crippen LogP contribution in [0.15, 0.2) is 27.6 Å². The molecule has 0 spiro atoms. The summed E-state index contributed by atoms with van der Waals surface area (Å²) < 4.78 is 11.8. The molecule has 1 radical (unpaired) electrons. The zero-order valence-corrected chi connectivity index (χ0v) is 7.83. The van der Waals surface area contributed by atoms with Crippen LogP contribution in [0.1, 0.15) is 0 Å². The maximum absolute atomic E-state index is 10.9. The largest absolute Gasteiger partial charge is 0.612 e. The minimum absolute atomic E-state index is 0.725. The lowest BCUT2D eigenvalue weighted by Crippen LogP contribution is -1.97.